The number of nitrogens with zero attached hydrogens (tertiary/aromatic N) is 1. The van der Waals surface area contributed by atoms with E-state index < -0.39 is 10.0 Å². The molecule has 6 nitrogen and oxygen atoms in total. The average molecular weight is 364 g/mol. The molecular formula is C8H21IN4O2S. The molecule has 0 aromatic heterocycles. The first-order chi connectivity index (χ1) is 6.81. The molecule has 0 aliphatic rings. The first kappa shape index (κ1) is 18.3. The van der Waals surface area contributed by atoms with Crippen molar-refractivity contribution >= 4 is 40.0 Å². The van der Waals surface area contributed by atoms with Crippen molar-refractivity contribution in [3.8, 4) is 0 Å². The summed E-state index contributed by atoms with van der Waals surface area (Å²) in [5.74, 6) is 0.693. The second-order valence-electron chi connectivity index (χ2n) is 3.74. The smallest absolute Gasteiger partial charge is 0.210 e. The van der Waals surface area contributed by atoms with E-state index in [-0.39, 0.29) is 42.2 Å². The van der Waals surface area contributed by atoms with Gasteiger partial charge < -0.3 is 11.1 Å². The summed E-state index contributed by atoms with van der Waals surface area (Å²) < 4.78 is 21.1. The second-order valence-corrected chi connectivity index (χ2v) is 5.48. The third kappa shape index (κ3) is 13.9. The molecule has 98 valence electrons. The highest BCUT2D eigenvalue weighted by atomic mass is 127. The van der Waals surface area contributed by atoms with Crippen LogP contribution in [0.2, 0.25) is 0 Å². The highest BCUT2D eigenvalue weighted by Gasteiger charge is 2.01. The van der Waals surface area contributed by atoms with Gasteiger partial charge in [0.15, 0.2) is 5.96 Å². The minimum Gasteiger partial charge on any atom is -0.370 e. The largest absolute Gasteiger partial charge is 0.370 e. The van der Waals surface area contributed by atoms with Gasteiger partial charge in [-0.15, -0.1) is 24.0 Å². The molecule has 0 amide bonds. The fraction of sp³-hybridized carbons (Fsp3) is 0.875. The molecule has 0 heterocycles. The fourth-order valence-electron chi connectivity index (χ4n) is 0.820. The summed E-state index contributed by atoms with van der Waals surface area (Å²) in [6, 6.07) is 0. The zero-order chi connectivity index (χ0) is 11.9. The molecule has 0 saturated carbocycles. The normalized spacial score (nSPS) is 12.4. The summed E-state index contributed by atoms with van der Waals surface area (Å²) >= 11 is 0. The summed E-state index contributed by atoms with van der Waals surface area (Å²) in [5.41, 5.74) is 5.49. The first-order valence-electron chi connectivity index (χ1n) is 4.85. The van der Waals surface area contributed by atoms with E-state index in [0.717, 1.165) is 6.42 Å². The Morgan fingerprint density at radius 3 is 2.44 bits per heavy atom. The molecule has 0 fully saturated rings. The van der Waals surface area contributed by atoms with Crippen LogP contribution in [-0.2, 0) is 10.0 Å². The molecule has 0 rings (SSSR count). The lowest BCUT2D eigenvalue weighted by Crippen LogP contribution is -2.36. The molecular weight excluding hydrogens is 343 g/mol. The molecule has 0 unspecified atom stereocenters. The van der Waals surface area contributed by atoms with E-state index in [4.69, 9.17) is 10.9 Å². The fourth-order valence-corrected chi connectivity index (χ4v) is 1.21. The summed E-state index contributed by atoms with van der Waals surface area (Å²) in [5, 5.41) is 7.49. The Bertz CT molecular complexity index is 303. The van der Waals surface area contributed by atoms with Crippen LogP contribution in [0.4, 0.5) is 0 Å². The first-order valence-corrected chi connectivity index (χ1v) is 6.57. The zero-order valence-corrected chi connectivity index (χ0v) is 12.8. The van der Waals surface area contributed by atoms with E-state index in [1.165, 1.54) is 0 Å². The number of rotatable bonds is 6. The van der Waals surface area contributed by atoms with Crippen LogP contribution in [0, 0.1) is 5.92 Å². The predicted octanol–water partition coefficient (Wildman–Crippen LogP) is -0.157. The second kappa shape index (κ2) is 8.99. The maximum Gasteiger partial charge on any atom is 0.210 e. The highest BCUT2D eigenvalue weighted by molar-refractivity contribution is 14.0. The van der Waals surface area contributed by atoms with Gasteiger partial charge in [-0.25, -0.2) is 13.6 Å². The van der Waals surface area contributed by atoms with Crippen LogP contribution in [0.1, 0.15) is 20.3 Å². The molecule has 5 N–H and O–H groups in total. The summed E-state index contributed by atoms with van der Waals surface area (Å²) in [7, 11) is -3.43. The quantitative estimate of drug-likeness (QED) is 0.346. The third-order valence-electron chi connectivity index (χ3n) is 1.68. The molecule has 0 saturated heterocycles. The molecule has 0 aromatic carbocycles. The average Bonchev–Trinajstić information content (AvgIpc) is 2.00. The van der Waals surface area contributed by atoms with Gasteiger partial charge in [0.1, 0.15) is 0 Å². The van der Waals surface area contributed by atoms with Crippen LogP contribution in [-0.4, -0.2) is 33.2 Å². The van der Waals surface area contributed by atoms with E-state index in [0.29, 0.717) is 12.5 Å². The van der Waals surface area contributed by atoms with Crippen molar-refractivity contribution in [3.63, 3.8) is 0 Å². The Hall–Kier alpha value is -0.0900. The van der Waals surface area contributed by atoms with Crippen LogP contribution in [0.25, 0.3) is 0 Å². The summed E-state index contributed by atoms with van der Waals surface area (Å²) in [6.07, 6.45) is 0.956. The van der Waals surface area contributed by atoms with Crippen molar-refractivity contribution < 1.29 is 8.42 Å². The van der Waals surface area contributed by atoms with Crippen LogP contribution in [0.3, 0.4) is 0 Å². The van der Waals surface area contributed by atoms with E-state index in [1.54, 1.807) is 0 Å². The van der Waals surface area contributed by atoms with Crippen molar-refractivity contribution in [3.05, 3.63) is 0 Å². The number of hydrogen-bond donors (Lipinski definition) is 3. The van der Waals surface area contributed by atoms with E-state index in [9.17, 15) is 8.42 Å². The van der Waals surface area contributed by atoms with Crippen molar-refractivity contribution in [1.29, 1.82) is 0 Å². The van der Waals surface area contributed by atoms with Gasteiger partial charge in [0.2, 0.25) is 10.0 Å². The molecule has 0 aromatic rings. The van der Waals surface area contributed by atoms with Crippen LogP contribution < -0.4 is 16.2 Å². The van der Waals surface area contributed by atoms with Gasteiger partial charge in [0, 0.05) is 13.1 Å². The van der Waals surface area contributed by atoms with Gasteiger partial charge in [0.05, 0.1) is 5.75 Å². The predicted molar refractivity (Wildman–Crippen MR) is 77.3 cm³/mol. The van der Waals surface area contributed by atoms with Gasteiger partial charge in [-0.2, -0.15) is 0 Å². The Labute approximate surface area is 114 Å². The molecule has 8 heteroatoms. The monoisotopic (exact) mass is 364 g/mol. The number of hydrogen-bond acceptors (Lipinski definition) is 3. The van der Waals surface area contributed by atoms with Crippen molar-refractivity contribution in [2.45, 2.75) is 20.3 Å². The van der Waals surface area contributed by atoms with Gasteiger partial charge in [0.25, 0.3) is 0 Å². The Morgan fingerprint density at radius 2 is 2.00 bits per heavy atom. The number of halogens is 1. The lowest BCUT2D eigenvalue weighted by molar-refractivity contribution is 0.594. The van der Waals surface area contributed by atoms with Crippen LogP contribution in [0.5, 0.6) is 0 Å². The molecule has 0 aliphatic carbocycles. The van der Waals surface area contributed by atoms with Crippen molar-refractivity contribution in [2.75, 3.05) is 18.8 Å². The minimum atomic E-state index is -3.43. The SMILES string of the molecule is CC(C)CCN=C(N)NCCS(N)(=O)=O.I. The lowest BCUT2D eigenvalue weighted by Gasteiger charge is -2.05. The van der Waals surface area contributed by atoms with Gasteiger partial charge in [-0.05, 0) is 12.3 Å². The molecule has 16 heavy (non-hydrogen) atoms. The minimum absolute atomic E-state index is 0. The van der Waals surface area contributed by atoms with E-state index in [2.05, 4.69) is 24.2 Å². The molecule has 0 spiro atoms. The number of nitrogens with two attached hydrogens (primary N) is 2. The van der Waals surface area contributed by atoms with Crippen LogP contribution >= 0.6 is 24.0 Å². The third-order valence-corrected chi connectivity index (χ3v) is 2.45. The lowest BCUT2D eigenvalue weighted by atomic mass is 10.1. The number of aliphatic imine (C=N–C) groups is 1. The Kier molecular flexibility index (Phi) is 10.3. The van der Waals surface area contributed by atoms with Crippen molar-refractivity contribution in [1.82, 2.24) is 5.32 Å². The maximum atomic E-state index is 10.6. The molecule has 0 radical (unpaired) electrons. The number of sulfonamides is 1. The number of primary sulfonamides is 1. The highest BCUT2D eigenvalue weighted by Crippen LogP contribution is 1.97. The van der Waals surface area contributed by atoms with Gasteiger partial charge >= 0.3 is 0 Å². The zero-order valence-electron chi connectivity index (χ0n) is 9.64. The summed E-state index contributed by atoms with van der Waals surface area (Å²) in [4.78, 5) is 4.03. The molecule has 0 aliphatic heterocycles. The Morgan fingerprint density at radius 1 is 1.44 bits per heavy atom. The maximum absolute atomic E-state index is 10.6. The van der Waals surface area contributed by atoms with E-state index >= 15 is 0 Å². The number of nitrogens with one attached hydrogen (secondary N) is 1. The molecule has 0 atom stereocenters. The summed E-state index contributed by atoms with van der Waals surface area (Å²) in [6.45, 7) is 5.03. The Balaban J connectivity index is 0. The van der Waals surface area contributed by atoms with Crippen LogP contribution in [0.15, 0.2) is 4.99 Å². The number of guanidine groups is 1. The standard InChI is InChI=1S/C8H20N4O2S.HI/c1-7(2)3-4-11-8(9)12-5-6-15(10,13)14;/h7H,3-6H2,1-2H3,(H3,9,11,12)(H2,10,13,14);1H. The van der Waals surface area contributed by atoms with E-state index in [1.807, 2.05) is 0 Å². The van der Waals surface area contributed by atoms with Crippen molar-refractivity contribution in [2.24, 2.45) is 21.8 Å². The van der Waals surface area contributed by atoms with Gasteiger partial charge in [-0.3, -0.25) is 4.99 Å². The topological polar surface area (TPSA) is 111 Å². The van der Waals surface area contributed by atoms with Gasteiger partial charge in [-0.1, -0.05) is 13.8 Å². The molecule has 0 bridgehead atoms.